The van der Waals surface area contributed by atoms with E-state index >= 15 is 0 Å². The molecule has 0 radical (unpaired) electrons. The molecule has 2 aromatic heterocycles. The van der Waals surface area contributed by atoms with E-state index in [1.54, 1.807) is 10.8 Å². The molecule has 19 heavy (non-hydrogen) atoms. The number of fused-ring (bicyclic) bond motifs is 3. The fourth-order valence-electron chi connectivity index (χ4n) is 2.44. The summed E-state index contributed by atoms with van der Waals surface area (Å²) < 4.78 is 3.83. The molecule has 0 saturated heterocycles. The lowest BCUT2D eigenvalue weighted by molar-refractivity contribution is 0.993. The molecular weight excluding hydrogens is 238 g/mol. The number of nitrogen functional groups attached to an aromatic ring is 1. The highest BCUT2D eigenvalue weighted by molar-refractivity contribution is 5.91. The third kappa shape index (κ3) is 1.29. The molecule has 0 spiro atoms. The van der Waals surface area contributed by atoms with Crippen LogP contribution in [0.2, 0.25) is 0 Å². The number of nitrogens with zero attached hydrogens (tertiary/aromatic N) is 4. The highest BCUT2D eigenvalue weighted by Gasteiger charge is 2.15. The predicted molar refractivity (Wildman–Crippen MR) is 74.2 cm³/mol. The van der Waals surface area contributed by atoms with Gasteiger partial charge in [0.1, 0.15) is 11.8 Å². The van der Waals surface area contributed by atoms with E-state index < -0.39 is 0 Å². The van der Waals surface area contributed by atoms with Gasteiger partial charge in [0.15, 0.2) is 0 Å². The second kappa shape index (κ2) is 3.58. The standard InChI is InChI=1S/C14H11N5/c15-11-7-4-8-12-13(11)19-14(16-9-17-19)18(12)10-5-2-1-3-6-10/h1-9H,15H2. The zero-order valence-corrected chi connectivity index (χ0v) is 10.1. The maximum atomic E-state index is 6.07. The molecule has 0 saturated carbocycles. The number of benzene rings is 2. The molecule has 2 aromatic carbocycles. The van der Waals surface area contributed by atoms with Crippen LogP contribution in [0.1, 0.15) is 0 Å². The van der Waals surface area contributed by atoms with Crippen LogP contribution in [-0.2, 0) is 0 Å². The number of imidazole rings is 1. The van der Waals surface area contributed by atoms with E-state index in [4.69, 9.17) is 5.73 Å². The van der Waals surface area contributed by atoms with E-state index in [0.717, 1.165) is 22.5 Å². The van der Waals surface area contributed by atoms with Crippen molar-refractivity contribution in [1.29, 1.82) is 0 Å². The van der Waals surface area contributed by atoms with Crippen LogP contribution < -0.4 is 5.73 Å². The van der Waals surface area contributed by atoms with Crippen LogP contribution in [0.5, 0.6) is 0 Å². The Balaban J connectivity index is 2.24. The molecule has 0 aliphatic heterocycles. The van der Waals surface area contributed by atoms with Crippen molar-refractivity contribution in [2.75, 3.05) is 5.73 Å². The van der Waals surface area contributed by atoms with Crippen LogP contribution in [-0.4, -0.2) is 19.2 Å². The SMILES string of the molecule is Nc1cccc2c1n1ncnc1n2-c1ccccc1. The Morgan fingerprint density at radius 2 is 1.79 bits per heavy atom. The first-order valence-corrected chi connectivity index (χ1v) is 6.00. The fourth-order valence-corrected chi connectivity index (χ4v) is 2.44. The van der Waals surface area contributed by atoms with Gasteiger partial charge in [0.25, 0.3) is 0 Å². The van der Waals surface area contributed by atoms with Gasteiger partial charge in [-0.05, 0) is 24.3 Å². The van der Waals surface area contributed by atoms with Crippen molar-refractivity contribution in [2.45, 2.75) is 0 Å². The van der Waals surface area contributed by atoms with Crippen LogP contribution >= 0.6 is 0 Å². The number of aromatic nitrogens is 4. The van der Waals surface area contributed by atoms with Gasteiger partial charge in [-0.15, -0.1) is 0 Å². The van der Waals surface area contributed by atoms with E-state index in [0.29, 0.717) is 5.69 Å². The zero-order chi connectivity index (χ0) is 12.8. The van der Waals surface area contributed by atoms with E-state index in [-0.39, 0.29) is 0 Å². The number of hydrogen-bond donors (Lipinski definition) is 1. The quantitative estimate of drug-likeness (QED) is 0.526. The smallest absolute Gasteiger partial charge is 0.238 e. The Morgan fingerprint density at radius 3 is 2.63 bits per heavy atom. The molecule has 0 aliphatic rings. The third-order valence-electron chi connectivity index (χ3n) is 3.24. The van der Waals surface area contributed by atoms with Crippen molar-refractivity contribution in [2.24, 2.45) is 0 Å². The van der Waals surface area contributed by atoms with E-state index in [1.807, 2.05) is 48.5 Å². The summed E-state index contributed by atoms with van der Waals surface area (Å²) in [6.07, 6.45) is 1.54. The summed E-state index contributed by atoms with van der Waals surface area (Å²) in [6, 6.07) is 15.9. The predicted octanol–water partition coefficient (Wildman–Crippen LogP) is 2.26. The van der Waals surface area contributed by atoms with E-state index in [1.165, 1.54) is 0 Å². The van der Waals surface area contributed by atoms with Gasteiger partial charge < -0.3 is 5.73 Å². The van der Waals surface area contributed by atoms with Crippen molar-refractivity contribution in [3.63, 3.8) is 0 Å². The Bertz CT molecular complexity index is 873. The van der Waals surface area contributed by atoms with Crippen LogP contribution in [0.4, 0.5) is 5.69 Å². The number of rotatable bonds is 1. The lowest BCUT2D eigenvalue weighted by Gasteiger charge is -2.04. The van der Waals surface area contributed by atoms with E-state index in [2.05, 4.69) is 14.6 Å². The molecular formula is C14H11N5. The van der Waals surface area contributed by atoms with Gasteiger partial charge in [0.05, 0.1) is 11.2 Å². The molecule has 2 heterocycles. The molecule has 2 N–H and O–H groups in total. The maximum absolute atomic E-state index is 6.07. The van der Waals surface area contributed by atoms with Crippen LogP contribution in [0.25, 0.3) is 22.5 Å². The van der Waals surface area contributed by atoms with Gasteiger partial charge in [-0.25, -0.2) is 0 Å². The Hall–Kier alpha value is -2.82. The second-order valence-corrected chi connectivity index (χ2v) is 4.36. The zero-order valence-electron chi connectivity index (χ0n) is 10.1. The molecule has 5 heteroatoms. The molecule has 4 aromatic rings. The topological polar surface area (TPSA) is 61.1 Å². The van der Waals surface area contributed by atoms with Gasteiger partial charge in [0, 0.05) is 5.69 Å². The molecule has 92 valence electrons. The molecule has 0 amide bonds. The van der Waals surface area contributed by atoms with E-state index in [9.17, 15) is 0 Å². The minimum absolute atomic E-state index is 0.697. The van der Waals surface area contributed by atoms with Crippen molar-refractivity contribution in [1.82, 2.24) is 19.2 Å². The molecule has 0 aliphatic carbocycles. The summed E-state index contributed by atoms with van der Waals surface area (Å²) >= 11 is 0. The minimum atomic E-state index is 0.697. The van der Waals surface area contributed by atoms with Gasteiger partial charge in [-0.3, -0.25) is 4.57 Å². The number of nitrogens with two attached hydrogens (primary N) is 1. The van der Waals surface area contributed by atoms with Crippen LogP contribution in [0, 0.1) is 0 Å². The highest BCUT2D eigenvalue weighted by Crippen LogP contribution is 2.27. The Kier molecular flexibility index (Phi) is 1.91. The monoisotopic (exact) mass is 249 g/mol. The number of hydrogen-bond acceptors (Lipinski definition) is 3. The minimum Gasteiger partial charge on any atom is -0.397 e. The summed E-state index contributed by atoms with van der Waals surface area (Å²) in [5.74, 6) is 0.763. The first-order valence-electron chi connectivity index (χ1n) is 6.00. The van der Waals surface area contributed by atoms with Gasteiger partial charge in [0.2, 0.25) is 5.78 Å². The molecule has 4 rings (SSSR count). The molecule has 0 unspecified atom stereocenters. The third-order valence-corrected chi connectivity index (χ3v) is 3.24. The van der Waals surface area contributed by atoms with Gasteiger partial charge in [-0.1, -0.05) is 24.3 Å². The number of para-hydroxylation sites is 2. The first-order chi connectivity index (χ1) is 9.36. The Morgan fingerprint density at radius 1 is 0.947 bits per heavy atom. The van der Waals surface area contributed by atoms with Crippen LogP contribution in [0.15, 0.2) is 54.9 Å². The normalized spacial score (nSPS) is 11.4. The lowest BCUT2D eigenvalue weighted by atomic mass is 10.2. The molecule has 0 bridgehead atoms. The number of anilines is 1. The fraction of sp³-hybridized carbons (Fsp3) is 0. The summed E-state index contributed by atoms with van der Waals surface area (Å²) in [5, 5.41) is 4.26. The Labute approximate surface area is 108 Å². The summed E-state index contributed by atoms with van der Waals surface area (Å²) in [7, 11) is 0. The molecule has 0 atom stereocenters. The van der Waals surface area contributed by atoms with Gasteiger partial charge in [-0.2, -0.15) is 14.6 Å². The highest BCUT2D eigenvalue weighted by atomic mass is 15.4. The summed E-state index contributed by atoms with van der Waals surface area (Å²) in [6.45, 7) is 0. The van der Waals surface area contributed by atoms with Crippen molar-refractivity contribution in [3.8, 4) is 5.69 Å². The first kappa shape index (κ1) is 10.1. The lowest BCUT2D eigenvalue weighted by Crippen LogP contribution is -1.94. The molecule has 5 nitrogen and oxygen atoms in total. The van der Waals surface area contributed by atoms with Gasteiger partial charge >= 0.3 is 0 Å². The van der Waals surface area contributed by atoms with Crippen molar-refractivity contribution < 1.29 is 0 Å². The van der Waals surface area contributed by atoms with Crippen molar-refractivity contribution >= 4 is 22.5 Å². The summed E-state index contributed by atoms with van der Waals surface area (Å²) in [4.78, 5) is 4.33. The van der Waals surface area contributed by atoms with Crippen LogP contribution in [0.3, 0.4) is 0 Å². The largest absolute Gasteiger partial charge is 0.397 e. The van der Waals surface area contributed by atoms with Crippen molar-refractivity contribution in [3.05, 3.63) is 54.9 Å². The second-order valence-electron chi connectivity index (χ2n) is 4.36. The molecule has 0 fully saturated rings. The maximum Gasteiger partial charge on any atom is 0.238 e. The average Bonchev–Trinajstić information content (AvgIpc) is 2.99. The summed E-state index contributed by atoms with van der Waals surface area (Å²) in [5.41, 5.74) is 9.70. The average molecular weight is 249 g/mol.